The molecule has 0 atom stereocenters. The molecule has 1 N–H and O–H groups in total. The van der Waals surface area contributed by atoms with Crippen LogP contribution >= 0.6 is 0 Å². The largest absolute Gasteiger partial charge is 0.355 e. The second-order valence-corrected chi connectivity index (χ2v) is 6.90. The Morgan fingerprint density at radius 3 is 2.54 bits per heavy atom. The Labute approximate surface area is 153 Å². The maximum Gasteiger partial charge on any atom is 0.263 e. The zero-order valence-corrected chi connectivity index (χ0v) is 15.0. The fourth-order valence-electron chi connectivity index (χ4n) is 3.24. The van der Waals surface area contributed by atoms with Gasteiger partial charge in [0.1, 0.15) is 5.56 Å². The molecule has 1 amide bonds. The van der Waals surface area contributed by atoms with Gasteiger partial charge in [-0.15, -0.1) is 0 Å². The van der Waals surface area contributed by atoms with Crippen LogP contribution in [0.1, 0.15) is 58.4 Å². The van der Waals surface area contributed by atoms with Crippen LogP contribution in [0.15, 0.2) is 47.4 Å². The first-order valence-corrected chi connectivity index (χ1v) is 9.12. The molecular formula is C21H24N2O3. The lowest BCUT2D eigenvalue weighted by Gasteiger charge is -2.24. The van der Waals surface area contributed by atoms with Crippen molar-refractivity contribution in [3.05, 3.63) is 69.6 Å². The average Bonchev–Trinajstić information content (AvgIpc) is 2.62. The second kappa shape index (κ2) is 8.13. The van der Waals surface area contributed by atoms with Gasteiger partial charge in [0.05, 0.1) is 6.54 Å². The van der Waals surface area contributed by atoms with E-state index in [9.17, 15) is 14.4 Å². The van der Waals surface area contributed by atoms with E-state index in [0.29, 0.717) is 24.4 Å². The summed E-state index contributed by atoms with van der Waals surface area (Å²) in [5.74, 6) is 0.168. The molecule has 0 saturated heterocycles. The highest BCUT2D eigenvalue weighted by Gasteiger charge is 2.21. The summed E-state index contributed by atoms with van der Waals surface area (Å²) < 4.78 is 1.45. The van der Waals surface area contributed by atoms with E-state index in [4.69, 9.17) is 0 Å². The van der Waals surface area contributed by atoms with Crippen LogP contribution in [0.25, 0.3) is 0 Å². The van der Waals surface area contributed by atoms with Gasteiger partial charge in [0.2, 0.25) is 0 Å². The molecule has 1 heterocycles. The number of aromatic nitrogens is 1. The third-order valence-corrected chi connectivity index (χ3v) is 5.08. The minimum Gasteiger partial charge on any atom is -0.355 e. The normalized spacial score (nSPS) is 13.9. The maximum absolute atomic E-state index is 12.7. The Morgan fingerprint density at radius 2 is 1.92 bits per heavy atom. The summed E-state index contributed by atoms with van der Waals surface area (Å²) in [7, 11) is 1.48. The molecule has 1 aromatic heterocycles. The van der Waals surface area contributed by atoms with Crippen LogP contribution in [0.5, 0.6) is 0 Å². The number of nitrogens with zero attached hydrogens (tertiary/aromatic N) is 1. The minimum absolute atomic E-state index is 0.0103. The summed E-state index contributed by atoms with van der Waals surface area (Å²) in [5, 5.41) is 2.48. The van der Waals surface area contributed by atoms with Crippen LogP contribution in [0, 0.1) is 5.92 Å². The van der Waals surface area contributed by atoms with Crippen molar-refractivity contribution in [3.8, 4) is 0 Å². The van der Waals surface area contributed by atoms with Crippen molar-refractivity contribution in [1.82, 2.24) is 9.88 Å². The monoisotopic (exact) mass is 352 g/mol. The van der Waals surface area contributed by atoms with E-state index in [1.165, 1.54) is 36.9 Å². The fraction of sp³-hybridized carbons (Fsp3) is 0.381. The highest BCUT2D eigenvalue weighted by Crippen LogP contribution is 2.30. The van der Waals surface area contributed by atoms with Gasteiger partial charge < -0.3 is 9.88 Å². The third kappa shape index (κ3) is 4.10. The van der Waals surface area contributed by atoms with Crippen molar-refractivity contribution in [2.24, 2.45) is 5.92 Å². The van der Waals surface area contributed by atoms with Crippen LogP contribution in [0.4, 0.5) is 0 Å². The summed E-state index contributed by atoms with van der Waals surface area (Å²) in [5.41, 5.74) is 0.997. The fourth-order valence-corrected chi connectivity index (χ4v) is 3.24. The first kappa shape index (κ1) is 18.1. The predicted molar refractivity (Wildman–Crippen MR) is 101 cm³/mol. The lowest BCUT2D eigenvalue weighted by molar-refractivity contribution is 0.0961. The topological polar surface area (TPSA) is 68.2 Å². The van der Waals surface area contributed by atoms with E-state index in [1.54, 1.807) is 6.20 Å². The Bertz CT molecular complexity index is 851. The molecule has 0 bridgehead atoms. The van der Waals surface area contributed by atoms with Gasteiger partial charge in [-0.2, -0.15) is 0 Å². The van der Waals surface area contributed by atoms with E-state index in [1.807, 2.05) is 30.3 Å². The molecule has 0 aliphatic heterocycles. The number of pyridine rings is 1. The summed E-state index contributed by atoms with van der Waals surface area (Å²) >= 11 is 0. The lowest BCUT2D eigenvalue weighted by Crippen LogP contribution is -2.32. The van der Waals surface area contributed by atoms with E-state index in [2.05, 4.69) is 5.32 Å². The predicted octanol–water partition coefficient (Wildman–Crippen LogP) is 3.02. The number of carbonyl (C=O) groups is 2. The number of hydrogen-bond donors (Lipinski definition) is 1. The van der Waals surface area contributed by atoms with Crippen molar-refractivity contribution >= 4 is 11.7 Å². The summed E-state index contributed by atoms with van der Waals surface area (Å²) in [6, 6.07) is 11.0. The zero-order valence-electron chi connectivity index (χ0n) is 15.0. The second-order valence-electron chi connectivity index (χ2n) is 6.90. The maximum atomic E-state index is 12.7. The van der Waals surface area contributed by atoms with E-state index >= 15 is 0 Å². The number of ketones is 1. The molecule has 1 aliphatic carbocycles. The van der Waals surface area contributed by atoms with Gasteiger partial charge in [-0.3, -0.25) is 14.4 Å². The average molecular weight is 352 g/mol. The van der Waals surface area contributed by atoms with Crippen LogP contribution in [-0.2, 0) is 6.54 Å². The standard InChI is InChI=1S/C21H24N2O3/c1-22-20(25)18-12-17(19(24)11-10-15-8-5-9-15)14-23(21(18)26)13-16-6-3-2-4-7-16/h2-4,6-7,12,14-15H,5,8-11,13H2,1H3,(H,22,25). The molecular weight excluding hydrogens is 328 g/mol. The van der Waals surface area contributed by atoms with Crippen LogP contribution < -0.4 is 10.9 Å². The quantitative estimate of drug-likeness (QED) is 0.779. The number of nitrogens with one attached hydrogen (secondary N) is 1. The van der Waals surface area contributed by atoms with Gasteiger partial charge >= 0.3 is 0 Å². The molecule has 0 unspecified atom stereocenters. The molecule has 136 valence electrons. The van der Waals surface area contributed by atoms with Gasteiger partial charge in [-0.1, -0.05) is 49.6 Å². The Kier molecular flexibility index (Phi) is 5.66. The SMILES string of the molecule is CNC(=O)c1cc(C(=O)CCC2CCC2)cn(Cc2ccccc2)c1=O. The van der Waals surface area contributed by atoms with Crippen LogP contribution in [0.2, 0.25) is 0 Å². The highest BCUT2D eigenvalue weighted by molar-refractivity contribution is 6.00. The van der Waals surface area contributed by atoms with E-state index < -0.39 is 5.91 Å². The summed E-state index contributed by atoms with van der Waals surface area (Å²) in [4.78, 5) is 37.4. The molecule has 1 fully saturated rings. The van der Waals surface area contributed by atoms with Gasteiger partial charge in [-0.05, 0) is 24.0 Å². The van der Waals surface area contributed by atoms with Crippen LogP contribution in [0.3, 0.4) is 0 Å². The Balaban J connectivity index is 1.90. The first-order chi connectivity index (χ1) is 12.6. The zero-order chi connectivity index (χ0) is 18.5. The van der Waals surface area contributed by atoms with Gasteiger partial charge in [0.25, 0.3) is 11.5 Å². The van der Waals surface area contributed by atoms with E-state index in [-0.39, 0.29) is 16.9 Å². The number of Topliss-reactive ketones (excluding diaryl/α,β-unsaturated/α-hetero) is 1. The molecule has 5 nitrogen and oxygen atoms in total. The van der Waals surface area contributed by atoms with Crippen molar-refractivity contribution in [3.63, 3.8) is 0 Å². The molecule has 1 saturated carbocycles. The van der Waals surface area contributed by atoms with Crippen molar-refractivity contribution in [1.29, 1.82) is 0 Å². The lowest BCUT2D eigenvalue weighted by atomic mass is 9.81. The molecule has 5 heteroatoms. The minimum atomic E-state index is -0.467. The van der Waals surface area contributed by atoms with Crippen molar-refractivity contribution in [2.45, 2.75) is 38.6 Å². The number of hydrogen-bond acceptors (Lipinski definition) is 3. The van der Waals surface area contributed by atoms with Gasteiger partial charge in [0.15, 0.2) is 5.78 Å². The number of carbonyl (C=O) groups excluding carboxylic acids is 2. The van der Waals surface area contributed by atoms with Crippen LogP contribution in [-0.4, -0.2) is 23.3 Å². The summed E-state index contributed by atoms with van der Waals surface area (Å²) in [6.07, 6.45) is 6.58. The molecule has 26 heavy (non-hydrogen) atoms. The first-order valence-electron chi connectivity index (χ1n) is 9.12. The highest BCUT2D eigenvalue weighted by atomic mass is 16.2. The molecule has 1 aromatic carbocycles. The molecule has 2 aromatic rings. The third-order valence-electron chi connectivity index (χ3n) is 5.08. The Morgan fingerprint density at radius 1 is 1.19 bits per heavy atom. The van der Waals surface area contributed by atoms with E-state index in [0.717, 1.165) is 12.0 Å². The summed E-state index contributed by atoms with van der Waals surface area (Å²) in [6.45, 7) is 0.327. The number of rotatable bonds is 7. The molecule has 1 aliphatic rings. The van der Waals surface area contributed by atoms with Crippen molar-refractivity contribution in [2.75, 3.05) is 7.05 Å². The Hall–Kier alpha value is -2.69. The molecule has 0 spiro atoms. The van der Waals surface area contributed by atoms with Gasteiger partial charge in [0, 0.05) is 25.2 Å². The number of amides is 1. The number of benzene rings is 1. The molecule has 3 rings (SSSR count). The smallest absolute Gasteiger partial charge is 0.263 e. The van der Waals surface area contributed by atoms with Crippen molar-refractivity contribution < 1.29 is 9.59 Å². The van der Waals surface area contributed by atoms with Gasteiger partial charge in [-0.25, -0.2) is 0 Å². The molecule has 0 radical (unpaired) electrons.